The van der Waals surface area contributed by atoms with E-state index in [0.717, 1.165) is 10.0 Å². The van der Waals surface area contributed by atoms with Crippen LogP contribution in [0.3, 0.4) is 0 Å². The van der Waals surface area contributed by atoms with Gasteiger partial charge < -0.3 is 0 Å². The molecule has 0 aromatic heterocycles. The topological polar surface area (TPSA) is 0 Å². The highest BCUT2D eigenvalue weighted by molar-refractivity contribution is 9.10. The summed E-state index contributed by atoms with van der Waals surface area (Å²) in [5.74, 6) is -0.351. The molecule has 0 aliphatic rings. The Bertz CT molecular complexity index is 581. The molecule has 0 bridgehead atoms. The van der Waals surface area contributed by atoms with Crippen molar-refractivity contribution in [3.8, 4) is 0 Å². The fraction of sp³-hybridized carbons (Fsp3) is 0.143. The minimum Gasteiger partial charge on any atom is -0.207 e. The van der Waals surface area contributed by atoms with Crippen molar-refractivity contribution in [3.05, 3.63) is 67.9 Å². The predicted molar refractivity (Wildman–Crippen MR) is 82.9 cm³/mol. The Kier molecular flexibility index (Phi) is 5.13. The maximum absolute atomic E-state index is 13.7. The second-order valence-electron chi connectivity index (χ2n) is 4.04. The summed E-state index contributed by atoms with van der Waals surface area (Å²) in [6.07, 6.45) is 0.298. The zero-order chi connectivity index (χ0) is 14.0. The average molecular weight is 382 g/mol. The minimum atomic E-state index is -0.414. The molecule has 2 rings (SSSR count). The van der Waals surface area contributed by atoms with Crippen LogP contribution < -0.4 is 0 Å². The largest absolute Gasteiger partial charge is 0.207 e. The predicted octanol–water partition coefficient (Wildman–Crippen LogP) is 6.42. The van der Waals surface area contributed by atoms with Crippen LogP contribution in [0.2, 0.25) is 10.0 Å². The Morgan fingerprint density at radius 3 is 2.58 bits per heavy atom. The van der Waals surface area contributed by atoms with Crippen LogP contribution >= 0.6 is 50.7 Å². The molecule has 1 unspecified atom stereocenters. The van der Waals surface area contributed by atoms with Gasteiger partial charge in [0.15, 0.2) is 0 Å². The van der Waals surface area contributed by atoms with E-state index in [0.29, 0.717) is 22.0 Å². The Morgan fingerprint density at radius 2 is 1.89 bits per heavy atom. The molecule has 5 heteroatoms. The zero-order valence-electron chi connectivity index (χ0n) is 9.64. The van der Waals surface area contributed by atoms with Crippen molar-refractivity contribution in [2.24, 2.45) is 0 Å². The van der Waals surface area contributed by atoms with E-state index in [1.807, 2.05) is 6.07 Å². The number of hydrogen-bond acceptors (Lipinski definition) is 0. The van der Waals surface area contributed by atoms with Gasteiger partial charge in [-0.2, -0.15) is 0 Å². The summed E-state index contributed by atoms with van der Waals surface area (Å²) in [7, 11) is 0. The van der Waals surface area contributed by atoms with Crippen molar-refractivity contribution in [3.63, 3.8) is 0 Å². The summed E-state index contributed by atoms with van der Waals surface area (Å²) < 4.78 is 14.6. The molecule has 0 heterocycles. The molecular formula is C14H9BrCl3F. The lowest BCUT2D eigenvalue weighted by molar-refractivity contribution is 0.607. The first kappa shape index (κ1) is 15.1. The van der Waals surface area contributed by atoms with Gasteiger partial charge in [0, 0.05) is 20.1 Å². The molecule has 0 saturated carbocycles. The molecule has 0 aliphatic heterocycles. The van der Waals surface area contributed by atoms with Crippen molar-refractivity contribution in [1.82, 2.24) is 0 Å². The number of hydrogen-bond donors (Lipinski definition) is 0. The molecule has 2 aromatic carbocycles. The normalized spacial score (nSPS) is 12.5. The molecule has 0 aliphatic carbocycles. The van der Waals surface area contributed by atoms with E-state index in [1.54, 1.807) is 24.3 Å². The van der Waals surface area contributed by atoms with Gasteiger partial charge in [-0.05, 0) is 42.3 Å². The van der Waals surface area contributed by atoms with E-state index in [-0.39, 0.29) is 5.82 Å². The maximum atomic E-state index is 13.7. The van der Waals surface area contributed by atoms with Crippen LogP contribution in [0.4, 0.5) is 4.39 Å². The summed E-state index contributed by atoms with van der Waals surface area (Å²) in [6, 6.07) is 9.93. The minimum absolute atomic E-state index is 0.298. The fourth-order valence-corrected chi connectivity index (χ4v) is 3.18. The Balaban J connectivity index is 2.31. The van der Waals surface area contributed by atoms with Gasteiger partial charge in [0.1, 0.15) is 5.82 Å². The quantitative estimate of drug-likeness (QED) is 0.538. The molecule has 0 N–H and O–H groups in total. The molecule has 2 aromatic rings. The van der Waals surface area contributed by atoms with Crippen LogP contribution in [-0.2, 0) is 6.42 Å². The molecule has 100 valence electrons. The molecule has 0 nitrogen and oxygen atoms in total. The molecular weight excluding hydrogens is 373 g/mol. The van der Waals surface area contributed by atoms with Gasteiger partial charge in [-0.15, -0.1) is 11.6 Å². The summed E-state index contributed by atoms with van der Waals surface area (Å²) in [6.45, 7) is 0. The first-order valence-electron chi connectivity index (χ1n) is 5.51. The third-order valence-corrected chi connectivity index (χ3v) is 4.44. The van der Waals surface area contributed by atoms with E-state index in [9.17, 15) is 4.39 Å². The molecule has 0 fully saturated rings. The smallest absolute Gasteiger partial charge is 0.127 e. The van der Waals surface area contributed by atoms with E-state index in [4.69, 9.17) is 34.8 Å². The van der Waals surface area contributed by atoms with Gasteiger partial charge >= 0.3 is 0 Å². The van der Waals surface area contributed by atoms with E-state index in [2.05, 4.69) is 15.9 Å². The molecule has 0 saturated heterocycles. The Morgan fingerprint density at radius 1 is 1.16 bits per heavy atom. The summed E-state index contributed by atoms with van der Waals surface area (Å²) in [5, 5.41) is 0.551. The number of alkyl halides is 1. The van der Waals surface area contributed by atoms with Crippen LogP contribution in [0.15, 0.2) is 40.9 Å². The van der Waals surface area contributed by atoms with Gasteiger partial charge in [0.2, 0.25) is 0 Å². The lowest BCUT2D eigenvalue weighted by Crippen LogP contribution is -2.00. The first-order chi connectivity index (χ1) is 8.99. The van der Waals surface area contributed by atoms with Crippen LogP contribution in [0.1, 0.15) is 16.5 Å². The second-order valence-corrected chi connectivity index (χ2v) is 6.26. The van der Waals surface area contributed by atoms with Crippen molar-refractivity contribution in [2.75, 3.05) is 0 Å². The van der Waals surface area contributed by atoms with E-state index >= 15 is 0 Å². The molecule has 0 radical (unpaired) electrons. The second kappa shape index (κ2) is 6.45. The van der Waals surface area contributed by atoms with Crippen molar-refractivity contribution in [1.29, 1.82) is 0 Å². The van der Waals surface area contributed by atoms with E-state index < -0.39 is 5.38 Å². The SMILES string of the molecule is Fc1cccc(Cl)c1CC(Cl)c1cc(Cl)ccc1Br. The number of halogens is 5. The average Bonchev–Trinajstić information content (AvgIpc) is 2.37. The van der Waals surface area contributed by atoms with Gasteiger partial charge in [0.25, 0.3) is 0 Å². The Hall–Kier alpha value is -0.280. The standard InChI is InChI=1S/C14H9BrCl3F/c15-11-5-4-8(16)6-9(11)13(18)7-10-12(17)2-1-3-14(10)19/h1-6,13H,7H2. The Labute approximate surface area is 134 Å². The number of benzene rings is 2. The number of rotatable bonds is 3. The summed E-state index contributed by atoms with van der Waals surface area (Å²) in [5.41, 5.74) is 1.23. The monoisotopic (exact) mass is 380 g/mol. The third kappa shape index (κ3) is 3.63. The highest BCUT2D eigenvalue weighted by atomic mass is 79.9. The molecule has 1 atom stereocenters. The van der Waals surface area contributed by atoms with Crippen molar-refractivity contribution < 1.29 is 4.39 Å². The summed E-state index contributed by atoms with van der Waals surface area (Å²) >= 11 is 21.7. The van der Waals surface area contributed by atoms with Crippen LogP contribution in [0, 0.1) is 5.82 Å². The van der Waals surface area contributed by atoms with Gasteiger partial charge in [-0.3, -0.25) is 0 Å². The lowest BCUT2D eigenvalue weighted by atomic mass is 10.0. The third-order valence-electron chi connectivity index (χ3n) is 2.74. The highest BCUT2D eigenvalue weighted by Gasteiger charge is 2.17. The van der Waals surface area contributed by atoms with Gasteiger partial charge in [-0.1, -0.05) is 45.2 Å². The van der Waals surface area contributed by atoms with Gasteiger partial charge in [0.05, 0.1) is 5.38 Å². The van der Waals surface area contributed by atoms with Crippen molar-refractivity contribution in [2.45, 2.75) is 11.8 Å². The maximum Gasteiger partial charge on any atom is 0.127 e. The molecule has 19 heavy (non-hydrogen) atoms. The molecule has 0 spiro atoms. The zero-order valence-corrected chi connectivity index (χ0v) is 13.5. The fourth-order valence-electron chi connectivity index (χ4n) is 1.77. The highest BCUT2D eigenvalue weighted by Crippen LogP contribution is 2.35. The summed E-state index contributed by atoms with van der Waals surface area (Å²) in [4.78, 5) is 0. The first-order valence-corrected chi connectivity index (χ1v) is 7.49. The van der Waals surface area contributed by atoms with Gasteiger partial charge in [-0.25, -0.2) is 4.39 Å². The van der Waals surface area contributed by atoms with Crippen LogP contribution in [-0.4, -0.2) is 0 Å². The van der Waals surface area contributed by atoms with Crippen LogP contribution in [0.5, 0.6) is 0 Å². The molecule has 0 amide bonds. The van der Waals surface area contributed by atoms with Crippen LogP contribution in [0.25, 0.3) is 0 Å². The van der Waals surface area contributed by atoms with Crippen molar-refractivity contribution >= 4 is 50.7 Å². The van der Waals surface area contributed by atoms with E-state index in [1.165, 1.54) is 6.07 Å². The lowest BCUT2D eigenvalue weighted by Gasteiger charge is -2.14.